The molecule has 14 heavy (non-hydrogen) atoms. The lowest BCUT2D eigenvalue weighted by Crippen LogP contribution is -2.07. The van der Waals surface area contributed by atoms with E-state index in [0.29, 0.717) is 0 Å². The number of Topliss-reactive ketones (excluding diaryl/α,β-unsaturated/α-hetero) is 1. The van der Waals surface area contributed by atoms with Gasteiger partial charge >= 0.3 is 0 Å². The van der Waals surface area contributed by atoms with E-state index >= 15 is 0 Å². The topological polar surface area (TPSA) is 90.1 Å². The number of hydrogen-bond donors (Lipinski definition) is 3. The van der Waals surface area contributed by atoms with Gasteiger partial charge in [-0.15, -0.1) is 0 Å². The van der Waals surface area contributed by atoms with Crippen molar-refractivity contribution < 1.29 is 20.2 Å². The van der Waals surface area contributed by atoms with Gasteiger partial charge in [-0.2, -0.15) is 0 Å². The van der Waals surface area contributed by atoms with Gasteiger partial charge in [0, 0.05) is 5.56 Å². The number of phenols is 2. The molecule has 3 N–H and O–H groups in total. The number of ketones is 1. The molecule has 0 aliphatic carbocycles. The molecule has 0 aromatic heterocycles. The van der Waals surface area contributed by atoms with Gasteiger partial charge in [0.1, 0.15) is 0 Å². The number of benzene rings is 1. The van der Waals surface area contributed by atoms with E-state index < -0.39 is 16.7 Å². The van der Waals surface area contributed by atoms with Crippen molar-refractivity contribution >= 4 is 22.6 Å². The fourth-order valence-corrected chi connectivity index (χ4v) is 0.938. The molecule has 74 valence electrons. The number of hydrogen-bond acceptors (Lipinski definition) is 5. The van der Waals surface area contributed by atoms with Crippen LogP contribution in [-0.4, -0.2) is 26.4 Å². The summed E-state index contributed by atoms with van der Waals surface area (Å²) in [6, 6.07) is 3.39. The minimum atomic E-state index is -0.746. The average Bonchev–Trinajstić information content (AvgIpc) is 2.20. The van der Waals surface area contributed by atoms with E-state index in [4.69, 9.17) is 27.0 Å². The van der Waals surface area contributed by atoms with Crippen LogP contribution in [0.25, 0.3) is 0 Å². The lowest BCUT2D eigenvalue weighted by Gasteiger charge is -2.00. The zero-order valence-electron chi connectivity index (χ0n) is 6.81. The van der Waals surface area contributed by atoms with Crippen LogP contribution in [-0.2, 0) is 0 Å². The van der Waals surface area contributed by atoms with Crippen LogP contribution in [0.3, 0.4) is 0 Å². The lowest BCUT2D eigenvalue weighted by atomic mass is 10.1. The zero-order valence-corrected chi connectivity index (χ0v) is 7.56. The second-order valence-corrected chi connectivity index (χ2v) is 2.78. The van der Waals surface area contributed by atoms with Crippen LogP contribution in [0.5, 0.6) is 11.5 Å². The third-order valence-corrected chi connectivity index (χ3v) is 1.76. The summed E-state index contributed by atoms with van der Waals surface area (Å²) in [4.78, 5) is 11.2. The van der Waals surface area contributed by atoms with Crippen molar-refractivity contribution in [3.05, 3.63) is 23.8 Å². The number of halogens is 1. The number of nitrogens with zero attached hydrogens (tertiary/aromatic N) is 1. The fourth-order valence-electron chi connectivity index (χ4n) is 0.829. The van der Waals surface area contributed by atoms with Crippen molar-refractivity contribution in [1.29, 1.82) is 0 Å². The summed E-state index contributed by atoms with van der Waals surface area (Å²) in [5.41, 5.74) is 0.0168. The summed E-state index contributed by atoms with van der Waals surface area (Å²) in [6.45, 7) is 0. The molecular weight excluding hydrogens is 210 g/mol. The third kappa shape index (κ3) is 1.94. The van der Waals surface area contributed by atoms with Crippen molar-refractivity contribution in [2.45, 2.75) is 0 Å². The Morgan fingerprint density at radius 2 is 1.93 bits per heavy atom. The molecule has 1 aromatic carbocycles. The standard InChI is InChI=1S/C8H6ClNO4/c9-8(10-14)7(13)4-1-2-5(11)6(12)3-4/h1-3,11-12,14H/b10-8+. The molecule has 0 unspecified atom stereocenters. The van der Waals surface area contributed by atoms with E-state index in [1.54, 1.807) is 0 Å². The molecule has 0 spiro atoms. The van der Waals surface area contributed by atoms with Crippen LogP contribution in [0.15, 0.2) is 23.4 Å². The number of phenolic OH excluding ortho intramolecular Hbond substituents is 2. The normalized spacial score (nSPS) is 11.4. The minimum Gasteiger partial charge on any atom is -0.504 e. The van der Waals surface area contributed by atoms with Crippen molar-refractivity contribution in [1.82, 2.24) is 0 Å². The van der Waals surface area contributed by atoms with E-state index in [0.717, 1.165) is 12.1 Å². The highest BCUT2D eigenvalue weighted by atomic mass is 35.5. The molecule has 1 aromatic rings. The largest absolute Gasteiger partial charge is 0.504 e. The van der Waals surface area contributed by atoms with Crippen LogP contribution in [0.2, 0.25) is 0 Å². The van der Waals surface area contributed by atoms with Crippen molar-refractivity contribution in [2.75, 3.05) is 0 Å². The zero-order chi connectivity index (χ0) is 10.7. The number of oxime groups is 1. The quantitative estimate of drug-likeness (QED) is 0.228. The summed E-state index contributed by atoms with van der Waals surface area (Å²) >= 11 is 5.25. The SMILES string of the molecule is O=C(/C(Cl)=N\O)c1ccc(O)c(O)c1. The number of carbonyl (C=O) groups excluding carboxylic acids is 1. The molecule has 0 saturated heterocycles. The first-order chi connectivity index (χ1) is 6.56. The summed E-state index contributed by atoms with van der Waals surface area (Å²) in [5.74, 6) is -1.54. The Morgan fingerprint density at radius 1 is 1.29 bits per heavy atom. The number of rotatable bonds is 2. The van der Waals surface area contributed by atoms with Crippen LogP contribution >= 0.6 is 11.6 Å². The van der Waals surface area contributed by atoms with Gasteiger partial charge in [-0.05, 0) is 18.2 Å². The Bertz CT molecular complexity index is 402. The van der Waals surface area contributed by atoms with E-state index in [1.165, 1.54) is 6.07 Å². The third-order valence-electron chi connectivity index (χ3n) is 1.51. The maximum atomic E-state index is 11.2. The number of carbonyl (C=O) groups is 1. The van der Waals surface area contributed by atoms with Gasteiger partial charge in [-0.3, -0.25) is 4.79 Å². The van der Waals surface area contributed by atoms with Gasteiger partial charge in [0.2, 0.25) is 11.0 Å². The molecule has 0 radical (unpaired) electrons. The Labute approximate surface area is 83.9 Å². The molecule has 0 saturated carbocycles. The molecule has 0 aliphatic rings. The Balaban J connectivity index is 3.09. The van der Waals surface area contributed by atoms with Gasteiger partial charge in [0.05, 0.1) is 0 Å². The molecule has 6 heteroatoms. The first-order valence-corrected chi connectivity index (χ1v) is 3.88. The Morgan fingerprint density at radius 3 is 2.43 bits per heavy atom. The van der Waals surface area contributed by atoms with Gasteiger partial charge in [0.15, 0.2) is 11.5 Å². The van der Waals surface area contributed by atoms with E-state index in [-0.39, 0.29) is 11.3 Å². The smallest absolute Gasteiger partial charge is 0.226 e. The fraction of sp³-hybridized carbons (Fsp3) is 0. The van der Waals surface area contributed by atoms with Gasteiger partial charge in [0.25, 0.3) is 0 Å². The van der Waals surface area contributed by atoms with Gasteiger partial charge < -0.3 is 15.4 Å². The van der Waals surface area contributed by atoms with Crippen LogP contribution < -0.4 is 0 Å². The molecule has 5 nitrogen and oxygen atoms in total. The minimum absolute atomic E-state index is 0.0168. The molecule has 1 rings (SSSR count). The van der Waals surface area contributed by atoms with Crippen molar-refractivity contribution in [3.63, 3.8) is 0 Å². The van der Waals surface area contributed by atoms with E-state index in [2.05, 4.69) is 5.16 Å². The van der Waals surface area contributed by atoms with Gasteiger partial charge in [-0.1, -0.05) is 16.8 Å². The molecule has 0 fully saturated rings. The number of aromatic hydroxyl groups is 2. The molecule has 0 amide bonds. The van der Waals surface area contributed by atoms with Crippen molar-refractivity contribution in [3.8, 4) is 11.5 Å². The monoisotopic (exact) mass is 215 g/mol. The molecule has 0 aliphatic heterocycles. The van der Waals surface area contributed by atoms with Crippen LogP contribution in [0, 0.1) is 0 Å². The first-order valence-electron chi connectivity index (χ1n) is 3.50. The van der Waals surface area contributed by atoms with Crippen molar-refractivity contribution in [2.24, 2.45) is 5.16 Å². The van der Waals surface area contributed by atoms with Crippen LogP contribution in [0.1, 0.15) is 10.4 Å². The van der Waals surface area contributed by atoms with E-state index in [1.807, 2.05) is 0 Å². The maximum absolute atomic E-state index is 11.2. The summed E-state index contributed by atoms with van der Waals surface area (Å²) < 4.78 is 0. The summed E-state index contributed by atoms with van der Waals surface area (Å²) in [6.07, 6.45) is 0. The maximum Gasteiger partial charge on any atom is 0.226 e. The lowest BCUT2D eigenvalue weighted by molar-refractivity contribution is 0.106. The highest BCUT2D eigenvalue weighted by molar-refractivity contribution is 6.84. The second-order valence-electron chi connectivity index (χ2n) is 2.42. The average molecular weight is 216 g/mol. The van der Waals surface area contributed by atoms with Gasteiger partial charge in [-0.25, -0.2) is 0 Å². The summed E-state index contributed by atoms with van der Waals surface area (Å²) in [5, 5.41) is 28.1. The first kappa shape index (κ1) is 10.3. The molecule has 0 heterocycles. The van der Waals surface area contributed by atoms with E-state index in [9.17, 15) is 4.79 Å². The highest BCUT2D eigenvalue weighted by Gasteiger charge is 2.13. The molecule has 0 atom stereocenters. The van der Waals surface area contributed by atoms with Crippen LogP contribution in [0.4, 0.5) is 0 Å². The highest BCUT2D eigenvalue weighted by Crippen LogP contribution is 2.25. The summed E-state index contributed by atoms with van der Waals surface area (Å²) in [7, 11) is 0. The molecule has 0 bridgehead atoms. The Kier molecular flexibility index (Phi) is 2.93. The predicted octanol–water partition coefficient (Wildman–Crippen LogP) is 1.31. The molecular formula is C8H6ClNO4. The predicted molar refractivity (Wildman–Crippen MR) is 49.2 cm³/mol. The Hall–Kier alpha value is -1.75. The second kappa shape index (κ2) is 3.97.